The predicted octanol–water partition coefficient (Wildman–Crippen LogP) is 2.26. The summed E-state index contributed by atoms with van der Waals surface area (Å²) in [6, 6.07) is 7.96. The maximum atomic E-state index is 11.8. The fraction of sp³-hybridized carbons (Fsp3) is 0.462. The molecule has 1 rings (SSSR count). The number of carbonyl (C=O) groups excluding carboxylic acids is 1. The molecule has 0 spiro atoms. The van der Waals surface area contributed by atoms with Crippen LogP contribution in [0.15, 0.2) is 24.3 Å². The van der Waals surface area contributed by atoms with Crippen molar-refractivity contribution in [3.8, 4) is 0 Å². The molecule has 94 valence electrons. The van der Waals surface area contributed by atoms with E-state index in [1.54, 1.807) is 0 Å². The van der Waals surface area contributed by atoms with E-state index in [0.717, 1.165) is 5.33 Å². The molecular formula is C13H19BrN2O. The lowest BCUT2D eigenvalue weighted by atomic mass is 10.1. The van der Waals surface area contributed by atoms with Gasteiger partial charge in [-0.1, -0.05) is 28.1 Å². The highest BCUT2D eigenvalue weighted by atomic mass is 79.9. The molecule has 1 amide bonds. The number of nitrogens with one attached hydrogen (secondary N) is 1. The Balaban J connectivity index is 2.52. The second kappa shape index (κ2) is 6.77. The van der Waals surface area contributed by atoms with Crippen LogP contribution in [-0.4, -0.2) is 37.5 Å². The van der Waals surface area contributed by atoms with Gasteiger partial charge in [0.05, 0.1) is 0 Å². The van der Waals surface area contributed by atoms with Crippen LogP contribution in [0.3, 0.4) is 0 Å². The van der Waals surface area contributed by atoms with Crippen LogP contribution in [-0.2, 0) is 5.33 Å². The molecule has 0 radical (unpaired) electrons. The van der Waals surface area contributed by atoms with Gasteiger partial charge in [-0.15, -0.1) is 0 Å². The van der Waals surface area contributed by atoms with Gasteiger partial charge in [0, 0.05) is 23.5 Å². The molecule has 0 aromatic heterocycles. The Labute approximate surface area is 111 Å². The quantitative estimate of drug-likeness (QED) is 0.846. The minimum atomic E-state index is -0.0141. The summed E-state index contributed by atoms with van der Waals surface area (Å²) < 4.78 is 0. The van der Waals surface area contributed by atoms with Crippen LogP contribution in [0, 0.1) is 0 Å². The molecule has 4 heteroatoms. The van der Waals surface area contributed by atoms with E-state index in [1.807, 2.05) is 38.4 Å². The van der Waals surface area contributed by atoms with Gasteiger partial charge in [-0.25, -0.2) is 0 Å². The molecule has 0 aliphatic carbocycles. The maximum Gasteiger partial charge on any atom is 0.251 e. The second-order valence-corrected chi connectivity index (χ2v) is 4.91. The minimum Gasteiger partial charge on any atom is -0.350 e. The zero-order valence-corrected chi connectivity index (χ0v) is 12.1. The van der Waals surface area contributed by atoms with Crippen molar-refractivity contribution in [2.75, 3.05) is 20.6 Å². The third-order valence-corrected chi connectivity index (χ3v) is 3.46. The maximum absolute atomic E-state index is 11.8. The van der Waals surface area contributed by atoms with Crippen molar-refractivity contribution in [3.05, 3.63) is 35.4 Å². The topological polar surface area (TPSA) is 32.3 Å². The number of likely N-dealkylation sites (N-methyl/N-ethyl adjacent to an activating group) is 1. The van der Waals surface area contributed by atoms with Crippen LogP contribution < -0.4 is 5.32 Å². The average Bonchev–Trinajstić information content (AvgIpc) is 2.35. The van der Waals surface area contributed by atoms with E-state index in [1.165, 1.54) is 5.56 Å². The first kappa shape index (κ1) is 14.2. The standard InChI is InChI=1S/C13H19BrN2O/c1-10(16(2)3)9-15-13(17)12-6-4-11(8-14)5-7-12/h4-7,10H,8-9H2,1-3H3,(H,15,17). The fourth-order valence-corrected chi connectivity index (χ4v) is 1.64. The van der Waals surface area contributed by atoms with Crippen molar-refractivity contribution in [3.63, 3.8) is 0 Å². The molecule has 0 saturated heterocycles. The minimum absolute atomic E-state index is 0.0141. The second-order valence-electron chi connectivity index (χ2n) is 4.35. The Morgan fingerprint density at radius 2 is 1.94 bits per heavy atom. The molecule has 1 aromatic rings. The average molecular weight is 299 g/mol. The first-order chi connectivity index (χ1) is 8.04. The Morgan fingerprint density at radius 1 is 1.35 bits per heavy atom. The Bertz CT molecular complexity index is 362. The molecule has 0 aliphatic rings. The monoisotopic (exact) mass is 298 g/mol. The zero-order chi connectivity index (χ0) is 12.8. The summed E-state index contributed by atoms with van der Waals surface area (Å²) in [5, 5.41) is 3.74. The van der Waals surface area contributed by atoms with Gasteiger partial charge in [-0.05, 0) is 38.7 Å². The van der Waals surface area contributed by atoms with Crippen LogP contribution in [0.1, 0.15) is 22.8 Å². The highest BCUT2D eigenvalue weighted by Gasteiger charge is 2.08. The van der Waals surface area contributed by atoms with Gasteiger partial charge in [-0.2, -0.15) is 0 Å². The van der Waals surface area contributed by atoms with E-state index in [2.05, 4.69) is 33.1 Å². The summed E-state index contributed by atoms with van der Waals surface area (Å²) in [5.41, 5.74) is 1.88. The van der Waals surface area contributed by atoms with E-state index in [0.29, 0.717) is 18.2 Å². The van der Waals surface area contributed by atoms with Crippen molar-refractivity contribution in [1.29, 1.82) is 0 Å². The SMILES string of the molecule is CC(CNC(=O)c1ccc(CBr)cc1)N(C)C. The number of hydrogen-bond acceptors (Lipinski definition) is 2. The lowest BCUT2D eigenvalue weighted by molar-refractivity contribution is 0.0943. The highest BCUT2D eigenvalue weighted by molar-refractivity contribution is 9.08. The summed E-state index contributed by atoms with van der Waals surface area (Å²) in [5.74, 6) is -0.0141. The van der Waals surface area contributed by atoms with E-state index >= 15 is 0 Å². The van der Waals surface area contributed by atoms with E-state index < -0.39 is 0 Å². The number of halogens is 1. The van der Waals surface area contributed by atoms with E-state index in [-0.39, 0.29) is 5.91 Å². The molecule has 0 fully saturated rings. The molecule has 1 unspecified atom stereocenters. The predicted molar refractivity (Wildman–Crippen MR) is 74.6 cm³/mol. The van der Waals surface area contributed by atoms with Gasteiger partial charge in [0.25, 0.3) is 5.91 Å². The highest BCUT2D eigenvalue weighted by Crippen LogP contribution is 2.07. The van der Waals surface area contributed by atoms with Gasteiger partial charge in [-0.3, -0.25) is 4.79 Å². The largest absolute Gasteiger partial charge is 0.350 e. The van der Waals surface area contributed by atoms with Crippen LogP contribution in [0.2, 0.25) is 0 Å². The molecule has 1 aromatic carbocycles. The number of hydrogen-bond donors (Lipinski definition) is 1. The molecule has 0 aliphatic heterocycles. The van der Waals surface area contributed by atoms with Crippen molar-refractivity contribution in [2.45, 2.75) is 18.3 Å². The van der Waals surface area contributed by atoms with Gasteiger partial charge in [0.15, 0.2) is 0 Å². The number of benzene rings is 1. The molecule has 0 bridgehead atoms. The number of carbonyl (C=O) groups is 1. The Morgan fingerprint density at radius 3 is 2.41 bits per heavy atom. The first-order valence-electron chi connectivity index (χ1n) is 5.64. The van der Waals surface area contributed by atoms with Gasteiger partial charge >= 0.3 is 0 Å². The van der Waals surface area contributed by atoms with Crippen molar-refractivity contribution in [1.82, 2.24) is 10.2 Å². The summed E-state index contributed by atoms with van der Waals surface area (Å²) >= 11 is 3.38. The summed E-state index contributed by atoms with van der Waals surface area (Å²) in [6.45, 7) is 2.74. The van der Waals surface area contributed by atoms with Crippen LogP contribution in [0.4, 0.5) is 0 Å². The summed E-state index contributed by atoms with van der Waals surface area (Å²) in [4.78, 5) is 13.9. The van der Waals surface area contributed by atoms with Crippen molar-refractivity contribution in [2.24, 2.45) is 0 Å². The fourth-order valence-electron chi connectivity index (χ4n) is 1.27. The van der Waals surface area contributed by atoms with Crippen molar-refractivity contribution < 1.29 is 4.79 Å². The summed E-state index contributed by atoms with van der Waals surface area (Å²) in [7, 11) is 4.00. The molecule has 17 heavy (non-hydrogen) atoms. The van der Waals surface area contributed by atoms with E-state index in [4.69, 9.17) is 0 Å². The Kier molecular flexibility index (Phi) is 5.65. The molecule has 3 nitrogen and oxygen atoms in total. The zero-order valence-electron chi connectivity index (χ0n) is 10.5. The van der Waals surface area contributed by atoms with E-state index in [9.17, 15) is 4.79 Å². The molecule has 0 heterocycles. The van der Waals surface area contributed by atoms with Gasteiger partial charge < -0.3 is 10.2 Å². The van der Waals surface area contributed by atoms with Gasteiger partial charge in [0.1, 0.15) is 0 Å². The molecule has 0 saturated carbocycles. The smallest absolute Gasteiger partial charge is 0.251 e. The van der Waals surface area contributed by atoms with Crippen molar-refractivity contribution >= 4 is 21.8 Å². The molecule has 1 atom stereocenters. The van der Waals surface area contributed by atoms with Crippen LogP contribution >= 0.6 is 15.9 Å². The summed E-state index contributed by atoms with van der Waals surface area (Å²) in [6.07, 6.45) is 0. The van der Waals surface area contributed by atoms with Crippen LogP contribution in [0.5, 0.6) is 0 Å². The first-order valence-corrected chi connectivity index (χ1v) is 6.76. The number of nitrogens with zero attached hydrogens (tertiary/aromatic N) is 1. The molecule has 1 N–H and O–H groups in total. The lowest BCUT2D eigenvalue weighted by Gasteiger charge is -2.19. The normalized spacial score (nSPS) is 12.5. The number of alkyl halides is 1. The van der Waals surface area contributed by atoms with Crippen LogP contribution in [0.25, 0.3) is 0 Å². The number of rotatable bonds is 5. The van der Waals surface area contributed by atoms with Gasteiger partial charge in [0.2, 0.25) is 0 Å². The third-order valence-electron chi connectivity index (χ3n) is 2.81. The molecular weight excluding hydrogens is 280 g/mol. The number of amides is 1. The Hall–Kier alpha value is -0.870. The third kappa shape index (κ3) is 4.48. The lowest BCUT2D eigenvalue weighted by Crippen LogP contribution is -2.38.